The monoisotopic (exact) mass is 228 g/mol. The van der Waals surface area contributed by atoms with E-state index in [1.807, 2.05) is 0 Å². The summed E-state index contributed by atoms with van der Waals surface area (Å²) in [5.74, 6) is 3.03. The van der Waals surface area contributed by atoms with Crippen LogP contribution in [0.1, 0.15) is 39.7 Å². The van der Waals surface area contributed by atoms with E-state index in [4.69, 9.17) is 0 Å². The highest BCUT2D eigenvalue weighted by Gasteiger charge is 2.28. The van der Waals surface area contributed by atoms with Gasteiger partial charge < -0.3 is 0 Å². The Morgan fingerprint density at radius 1 is 0.882 bits per heavy atom. The molecule has 0 aromatic heterocycles. The van der Waals surface area contributed by atoms with Crippen molar-refractivity contribution in [1.82, 2.24) is 0 Å². The molecular formula is C17H24. The largest absolute Gasteiger partial charge is 0.0802 e. The van der Waals surface area contributed by atoms with Crippen molar-refractivity contribution in [2.45, 2.75) is 34.1 Å². The van der Waals surface area contributed by atoms with Crippen molar-refractivity contribution in [3.05, 3.63) is 42.0 Å². The van der Waals surface area contributed by atoms with Crippen molar-refractivity contribution >= 4 is 5.57 Å². The molecule has 0 nitrogen and oxygen atoms in total. The SMILES string of the molecule is C[C@H]1[C@H](C)[C@H](C)C(c2ccccc2)=CC[C@H]1C. The molecule has 1 aromatic carbocycles. The minimum Gasteiger partial charge on any atom is -0.0802 e. The van der Waals surface area contributed by atoms with Crippen LogP contribution in [0.3, 0.4) is 0 Å². The van der Waals surface area contributed by atoms with E-state index in [2.05, 4.69) is 64.1 Å². The molecule has 0 saturated heterocycles. The van der Waals surface area contributed by atoms with Crippen LogP contribution in [0.25, 0.3) is 5.57 Å². The lowest BCUT2D eigenvalue weighted by molar-refractivity contribution is 0.252. The first-order valence-corrected chi connectivity index (χ1v) is 6.86. The van der Waals surface area contributed by atoms with E-state index in [-0.39, 0.29) is 0 Å². The molecule has 17 heavy (non-hydrogen) atoms. The summed E-state index contributed by atoms with van der Waals surface area (Å²) in [5, 5.41) is 0. The molecule has 92 valence electrons. The summed E-state index contributed by atoms with van der Waals surface area (Å²) < 4.78 is 0. The number of rotatable bonds is 1. The molecule has 0 aliphatic heterocycles. The molecule has 0 fully saturated rings. The molecule has 0 saturated carbocycles. The van der Waals surface area contributed by atoms with Gasteiger partial charge in [-0.05, 0) is 41.2 Å². The smallest absolute Gasteiger partial charge is 0.0159 e. The fourth-order valence-corrected chi connectivity index (χ4v) is 2.98. The Balaban J connectivity index is 2.34. The quantitative estimate of drug-likeness (QED) is 0.633. The van der Waals surface area contributed by atoms with Crippen molar-refractivity contribution in [3.63, 3.8) is 0 Å². The zero-order chi connectivity index (χ0) is 12.4. The third-order valence-electron chi connectivity index (χ3n) is 4.82. The highest BCUT2D eigenvalue weighted by molar-refractivity contribution is 5.67. The van der Waals surface area contributed by atoms with Gasteiger partial charge in [-0.2, -0.15) is 0 Å². The summed E-state index contributed by atoms with van der Waals surface area (Å²) in [6, 6.07) is 10.9. The summed E-state index contributed by atoms with van der Waals surface area (Å²) in [5.41, 5.74) is 2.96. The van der Waals surface area contributed by atoms with Gasteiger partial charge in [-0.25, -0.2) is 0 Å². The van der Waals surface area contributed by atoms with Gasteiger partial charge >= 0.3 is 0 Å². The summed E-state index contributed by atoms with van der Waals surface area (Å²) in [6.07, 6.45) is 3.70. The normalized spacial score (nSPS) is 34.0. The lowest BCUT2D eigenvalue weighted by atomic mass is 9.77. The lowest BCUT2D eigenvalue weighted by Crippen LogP contribution is -2.20. The van der Waals surface area contributed by atoms with E-state index < -0.39 is 0 Å². The molecule has 0 heterocycles. The van der Waals surface area contributed by atoms with E-state index in [0.29, 0.717) is 5.92 Å². The van der Waals surface area contributed by atoms with Crippen molar-refractivity contribution < 1.29 is 0 Å². The summed E-state index contributed by atoms with van der Waals surface area (Å²) >= 11 is 0. The van der Waals surface area contributed by atoms with E-state index in [1.165, 1.54) is 12.0 Å². The zero-order valence-corrected chi connectivity index (χ0v) is 11.5. The van der Waals surface area contributed by atoms with Crippen molar-refractivity contribution in [2.75, 3.05) is 0 Å². The number of hydrogen-bond donors (Lipinski definition) is 0. The maximum Gasteiger partial charge on any atom is -0.0159 e. The Labute approximate surface area is 106 Å². The van der Waals surface area contributed by atoms with Crippen LogP contribution in [0.2, 0.25) is 0 Å². The number of benzene rings is 1. The van der Waals surface area contributed by atoms with Gasteiger partial charge in [0, 0.05) is 0 Å². The molecule has 1 aliphatic carbocycles. The van der Waals surface area contributed by atoms with Crippen LogP contribution >= 0.6 is 0 Å². The number of hydrogen-bond acceptors (Lipinski definition) is 0. The molecule has 1 aromatic rings. The summed E-state index contributed by atoms with van der Waals surface area (Å²) in [4.78, 5) is 0. The number of allylic oxidation sites excluding steroid dienone is 2. The minimum atomic E-state index is 0.664. The van der Waals surface area contributed by atoms with Crippen LogP contribution in [-0.2, 0) is 0 Å². The van der Waals surface area contributed by atoms with Crippen LogP contribution < -0.4 is 0 Å². The molecule has 2 rings (SSSR count). The second-order valence-corrected chi connectivity index (χ2v) is 5.75. The first-order valence-electron chi connectivity index (χ1n) is 6.86. The van der Waals surface area contributed by atoms with Gasteiger partial charge in [0.25, 0.3) is 0 Å². The van der Waals surface area contributed by atoms with Crippen molar-refractivity contribution in [1.29, 1.82) is 0 Å². The zero-order valence-electron chi connectivity index (χ0n) is 11.5. The predicted octanol–water partition coefficient (Wildman–Crippen LogP) is 5.02. The molecule has 0 unspecified atom stereocenters. The van der Waals surface area contributed by atoms with E-state index in [0.717, 1.165) is 17.8 Å². The lowest BCUT2D eigenvalue weighted by Gasteiger charge is -2.28. The average molecular weight is 228 g/mol. The molecule has 4 atom stereocenters. The molecule has 0 heteroatoms. The van der Waals surface area contributed by atoms with E-state index in [9.17, 15) is 0 Å². The molecular weight excluding hydrogens is 204 g/mol. The van der Waals surface area contributed by atoms with E-state index >= 15 is 0 Å². The fraction of sp³-hybridized carbons (Fsp3) is 0.529. The van der Waals surface area contributed by atoms with Crippen molar-refractivity contribution in [2.24, 2.45) is 23.7 Å². The van der Waals surface area contributed by atoms with Crippen molar-refractivity contribution in [3.8, 4) is 0 Å². The van der Waals surface area contributed by atoms with Gasteiger partial charge in [-0.3, -0.25) is 0 Å². The maximum atomic E-state index is 2.48. The molecule has 0 N–H and O–H groups in total. The third-order valence-corrected chi connectivity index (χ3v) is 4.82. The van der Waals surface area contributed by atoms with Crippen LogP contribution in [-0.4, -0.2) is 0 Å². The highest BCUT2D eigenvalue weighted by Crippen LogP contribution is 2.40. The maximum absolute atomic E-state index is 2.48. The van der Waals surface area contributed by atoms with Crippen LogP contribution in [0, 0.1) is 23.7 Å². The van der Waals surface area contributed by atoms with Crippen LogP contribution in [0.15, 0.2) is 36.4 Å². The second-order valence-electron chi connectivity index (χ2n) is 5.75. The summed E-state index contributed by atoms with van der Waals surface area (Å²) in [6.45, 7) is 9.60. The van der Waals surface area contributed by atoms with Gasteiger partial charge in [0.05, 0.1) is 0 Å². The average Bonchev–Trinajstić information content (AvgIpc) is 2.45. The minimum absolute atomic E-state index is 0.664. The molecule has 1 aliphatic rings. The molecule has 0 spiro atoms. The standard InChI is InChI=1S/C17H24/c1-12-10-11-17(15(4)14(3)13(12)2)16-8-6-5-7-9-16/h5-9,11-15H,10H2,1-4H3/t12-,13-,14+,15+/m1/s1. The second kappa shape index (κ2) is 5.08. The van der Waals surface area contributed by atoms with Gasteiger partial charge in [-0.15, -0.1) is 0 Å². The predicted molar refractivity (Wildman–Crippen MR) is 75.7 cm³/mol. The summed E-state index contributed by atoms with van der Waals surface area (Å²) in [7, 11) is 0. The highest BCUT2D eigenvalue weighted by atomic mass is 14.3. The molecule has 0 radical (unpaired) electrons. The Morgan fingerprint density at radius 3 is 2.18 bits per heavy atom. The van der Waals surface area contributed by atoms with Gasteiger partial charge in [0.15, 0.2) is 0 Å². The first kappa shape index (κ1) is 12.4. The first-order chi connectivity index (χ1) is 8.11. The fourth-order valence-electron chi connectivity index (χ4n) is 2.98. The molecule has 0 amide bonds. The van der Waals surface area contributed by atoms with E-state index in [1.54, 1.807) is 5.57 Å². The topological polar surface area (TPSA) is 0 Å². The van der Waals surface area contributed by atoms with Crippen LogP contribution in [0.5, 0.6) is 0 Å². The van der Waals surface area contributed by atoms with Gasteiger partial charge in [0.2, 0.25) is 0 Å². The Morgan fingerprint density at radius 2 is 1.53 bits per heavy atom. The molecule has 0 bridgehead atoms. The van der Waals surface area contributed by atoms with Gasteiger partial charge in [0.1, 0.15) is 0 Å². The third kappa shape index (κ3) is 2.46. The Bertz CT molecular complexity index is 388. The Kier molecular flexibility index (Phi) is 3.71. The van der Waals surface area contributed by atoms with Crippen LogP contribution in [0.4, 0.5) is 0 Å². The van der Waals surface area contributed by atoms with Gasteiger partial charge in [-0.1, -0.05) is 64.1 Å². The Hall–Kier alpha value is -1.04.